The molecule has 0 heterocycles. The van der Waals surface area contributed by atoms with Crippen LogP contribution in [0.15, 0.2) is 54.6 Å². The summed E-state index contributed by atoms with van der Waals surface area (Å²) < 4.78 is 49.8. The number of hydrogen-bond acceptors (Lipinski definition) is 1. The van der Waals surface area contributed by atoms with Gasteiger partial charge in [-0.3, -0.25) is 0 Å². The molecule has 0 radical (unpaired) electrons. The van der Waals surface area contributed by atoms with E-state index in [4.69, 9.17) is 4.74 Å². The van der Waals surface area contributed by atoms with E-state index in [0.717, 1.165) is 61.6 Å². The van der Waals surface area contributed by atoms with E-state index < -0.39 is 11.6 Å². The summed E-state index contributed by atoms with van der Waals surface area (Å²) in [5.74, 6) is -1.46. The normalized spacial score (nSPS) is 18.3. The van der Waals surface area contributed by atoms with Crippen LogP contribution < -0.4 is 0 Å². The van der Waals surface area contributed by atoms with E-state index in [1.807, 2.05) is 37.3 Å². The second-order valence-corrected chi connectivity index (χ2v) is 9.34. The van der Waals surface area contributed by atoms with Crippen molar-refractivity contribution >= 4 is 0 Å². The number of aryl methyl sites for hydroxylation is 2. The summed E-state index contributed by atoms with van der Waals surface area (Å²) in [5, 5.41) is 0. The highest BCUT2D eigenvalue weighted by Crippen LogP contribution is 2.35. The molecule has 1 nitrogen and oxygen atoms in total. The molecular formula is C30H33F3O. The largest absolute Gasteiger partial charge is 0.373 e. The lowest BCUT2D eigenvalue weighted by Gasteiger charge is -2.29. The van der Waals surface area contributed by atoms with Gasteiger partial charge >= 0.3 is 0 Å². The molecule has 0 atom stereocenters. The van der Waals surface area contributed by atoms with Gasteiger partial charge in [0, 0.05) is 11.1 Å². The molecule has 0 saturated heterocycles. The van der Waals surface area contributed by atoms with Gasteiger partial charge in [0.2, 0.25) is 0 Å². The molecule has 4 rings (SSSR count). The van der Waals surface area contributed by atoms with Crippen molar-refractivity contribution in [3.8, 4) is 11.1 Å². The van der Waals surface area contributed by atoms with Crippen LogP contribution in [0, 0.1) is 17.5 Å². The number of hydrogen-bond donors (Lipinski definition) is 0. The Balaban J connectivity index is 1.34. The van der Waals surface area contributed by atoms with Crippen LogP contribution in [0.3, 0.4) is 0 Å². The van der Waals surface area contributed by atoms with Crippen LogP contribution >= 0.6 is 0 Å². The SMILES string of the molecule is CCCc1ccc(C2CCC(OCc3ccc(-c4ccc(CC)cc4)c(F)c3F)CC2)cc1F. The molecule has 180 valence electrons. The van der Waals surface area contributed by atoms with Crippen LogP contribution in [0.4, 0.5) is 13.2 Å². The van der Waals surface area contributed by atoms with Crippen molar-refractivity contribution in [2.24, 2.45) is 0 Å². The fourth-order valence-corrected chi connectivity index (χ4v) is 4.90. The molecule has 0 aliphatic heterocycles. The first-order chi connectivity index (χ1) is 16.5. The van der Waals surface area contributed by atoms with E-state index in [9.17, 15) is 13.2 Å². The Morgan fingerprint density at radius 2 is 1.50 bits per heavy atom. The standard InChI is InChI=1S/C30H33F3O/c1-3-5-23-10-11-24(18-28(23)31)21-12-15-26(16-13-21)34-19-25-14-17-27(30(33)29(25)32)22-8-6-20(4-2)7-9-22/h6-11,14,17-18,21,26H,3-5,12-13,15-16,19H2,1-2H3. The molecular weight excluding hydrogens is 433 g/mol. The van der Waals surface area contributed by atoms with Gasteiger partial charge in [0.25, 0.3) is 0 Å². The lowest BCUT2D eigenvalue weighted by Crippen LogP contribution is -2.21. The van der Waals surface area contributed by atoms with Gasteiger partial charge in [0.15, 0.2) is 11.6 Å². The van der Waals surface area contributed by atoms with Gasteiger partial charge in [-0.05, 0) is 72.8 Å². The quantitative estimate of drug-likeness (QED) is 0.323. The summed E-state index contributed by atoms with van der Waals surface area (Å²) in [7, 11) is 0. The zero-order valence-corrected chi connectivity index (χ0v) is 20.0. The van der Waals surface area contributed by atoms with Crippen molar-refractivity contribution in [1.29, 1.82) is 0 Å². The van der Waals surface area contributed by atoms with Gasteiger partial charge in [-0.2, -0.15) is 0 Å². The maximum absolute atomic E-state index is 14.8. The van der Waals surface area contributed by atoms with Gasteiger partial charge in [-0.15, -0.1) is 0 Å². The summed E-state index contributed by atoms with van der Waals surface area (Å²) in [4.78, 5) is 0. The topological polar surface area (TPSA) is 9.23 Å². The molecule has 0 bridgehead atoms. The molecule has 0 aromatic heterocycles. The number of halogens is 3. The Bertz CT molecular complexity index is 1100. The van der Waals surface area contributed by atoms with Crippen LogP contribution in [-0.2, 0) is 24.2 Å². The Morgan fingerprint density at radius 3 is 2.15 bits per heavy atom. The van der Waals surface area contributed by atoms with Crippen LogP contribution in [0.25, 0.3) is 11.1 Å². The third-order valence-electron chi connectivity index (χ3n) is 7.05. The molecule has 1 aliphatic carbocycles. The van der Waals surface area contributed by atoms with E-state index in [-0.39, 0.29) is 29.7 Å². The molecule has 1 aliphatic rings. The van der Waals surface area contributed by atoms with Crippen molar-refractivity contribution < 1.29 is 17.9 Å². The van der Waals surface area contributed by atoms with Gasteiger partial charge < -0.3 is 4.74 Å². The molecule has 34 heavy (non-hydrogen) atoms. The van der Waals surface area contributed by atoms with E-state index in [0.29, 0.717) is 11.5 Å². The van der Waals surface area contributed by atoms with Crippen molar-refractivity contribution in [2.45, 2.75) is 77.4 Å². The van der Waals surface area contributed by atoms with E-state index in [1.165, 1.54) is 0 Å². The molecule has 3 aromatic carbocycles. The van der Waals surface area contributed by atoms with Gasteiger partial charge in [0.05, 0.1) is 12.7 Å². The van der Waals surface area contributed by atoms with Crippen LogP contribution in [0.2, 0.25) is 0 Å². The summed E-state index contributed by atoms with van der Waals surface area (Å²) in [5.41, 5.74) is 4.15. The lowest BCUT2D eigenvalue weighted by atomic mass is 9.82. The summed E-state index contributed by atoms with van der Waals surface area (Å²) in [6, 6.07) is 16.4. The fourth-order valence-electron chi connectivity index (χ4n) is 4.90. The van der Waals surface area contributed by atoms with E-state index >= 15 is 0 Å². The molecule has 3 aromatic rings. The number of benzene rings is 3. The van der Waals surface area contributed by atoms with Gasteiger partial charge in [-0.25, -0.2) is 13.2 Å². The Hall–Kier alpha value is -2.59. The van der Waals surface area contributed by atoms with E-state index in [1.54, 1.807) is 18.2 Å². The molecule has 0 spiro atoms. The minimum absolute atomic E-state index is 0.00388. The predicted molar refractivity (Wildman–Crippen MR) is 131 cm³/mol. The lowest BCUT2D eigenvalue weighted by molar-refractivity contribution is 0.0119. The summed E-state index contributed by atoms with van der Waals surface area (Å²) in [6.45, 7) is 4.16. The van der Waals surface area contributed by atoms with Gasteiger partial charge in [0.1, 0.15) is 5.82 Å². The van der Waals surface area contributed by atoms with Crippen molar-refractivity contribution in [3.63, 3.8) is 0 Å². The monoisotopic (exact) mass is 466 g/mol. The van der Waals surface area contributed by atoms with Crippen molar-refractivity contribution in [2.75, 3.05) is 0 Å². The number of rotatable bonds is 8. The second kappa shape index (κ2) is 11.2. The maximum atomic E-state index is 14.8. The first-order valence-corrected chi connectivity index (χ1v) is 12.5. The highest BCUT2D eigenvalue weighted by Gasteiger charge is 2.24. The van der Waals surface area contributed by atoms with Gasteiger partial charge in [-0.1, -0.05) is 68.8 Å². The van der Waals surface area contributed by atoms with Crippen molar-refractivity contribution in [1.82, 2.24) is 0 Å². The molecule has 0 amide bonds. The second-order valence-electron chi connectivity index (χ2n) is 9.34. The van der Waals surface area contributed by atoms with Crippen molar-refractivity contribution in [3.05, 3.63) is 94.3 Å². The zero-order chi connectivity index (χ0) is 24.1. The predicted octanol–water partition coefficient (Wildman–Crippen LogP) is 8.53. The maximum Gasteiger partial charge on any atom is 0.167 e. The Kier molecular flexibility index (Phi) is 8.10. The van der Waals surface area contributed by atoms with E-state index in [2.05, 4.69) is 13.0 Å². The molecule has 0 unspecified atom stereocenters. The molecule has 0 N–H and O–H groups in total. The highest BCUT2D eigenvalue weighted by molar-refractivity contribution is 5.65. The van der Waals surface area contributed by atoms with Crippen LogP contribution in [0.5, 0.6) is 0 Å². The minimum atomic E-state index is -0.839. The number of ether oxygens (including phenoxy) is 1. The highest BCUT2D eigenvalue weighted by atomic mass is 19.2. The third kappa shape index (κ3) is 5.55. The smallest absolute Gasteiger partial charge is 0.167 e. The fraction of sp³-hybridized carbons (Fsp3) is 0.400. The molecule has 1 saturated carbocycles. The Morgan fingerprint density at radius 1 is 0.794 bits per heavy atom. The zero-order valence-electron chi connectivity index (χ0n) is 20.0. The Labute approximate surface area is 201 Å². The first-order valence-electron chi connectivity index (χ1n) is 12.5. The third-order valence-corrected chi connectivity index (χ3v) is 7.05. The first kappa shape index (κ1) is 24.5. The van der Waals surface area contributed by atoms with Crippen LogP contribution in [-0.4, -0.2) is 6.10 Å². The minimum Gasteiger partial charge on any atom is -0.373 e. The van der Waals surface area contributed by atoms with Crippen LogP contribution in [0.1, 0.15) is 74.1 Å². The molecule has 1 fully saturated rings. The molecule has 4 heteroatoms. The average molecular weight is 467 g/mol. The average Bonchev–Trinajstić information content (AvgIpc) is 2.87. The summed E-state index contributed by atoms with van der Waals surface area (Å²) in [6.07, 6.45) is 6.06. The summed E-state index contributed by atoms with van der Waals surface area (Å²) >= 11 is 0.